The van der Waals surface area contributed by atoms with Crippen LogP contribution in [0, 0.1) is 0 Å². The van der Waals surface area contributed by atoms with E-state index in [4.69, 9.17) is 26.0 Å². The summed E-state index contributed by atoms with van der Waals surface area (Å²) in [6, 6.07) is 14.4. The molecule has 0 aliphatic heterocycles. The number of ether oxygens (including phenoxy) is 2. The number of benzene rings is 1. The molecule has 1 unspecified atom stereocenters. The normalized spacial score (nSPS) is 12.8. The van der Waals surface area contributed by atoms with Gasteiger partial charge >= 0.3 is 6.09 Å². The molecule has 0 bridgehead atoms. The van der Waals surface area contributed by atoms with Crippen molar-refractivity contribution in [3.63, 3.8) is 0 Å². The number of nitrogens with one attached hydrogen (secondary N) is 1. The first kappa shape index (κ1) is 24.6. The average Bonchev–Trinajstić information content (AvgIpc) is 2.77. The number of aromatic nitrogens is 1. The second-order valence-electron chi connectivity index (χ2n) is 6.78. The van der Waals surface area contributed by atoms with Gasteiger partial charge in [0, 0.05) is 32.7 Å². The highest BCUT2D eigenvalue weighted by Crippen LogP contribution is 2.10. The van der Waals surface area contributed by atoms with Crippen LogP contribution in [0.25, 0.3) is 0 Å². The third-order valence-electron chi connectivity index (χ3n) is 4.16. The molecule has 5 N–H and O–H groups in total. The number of hydrazone groups is 1. The number of nitrogens with two attached hydrogens (primary N) is 2. The number of anilines is 1. The molecule has 0 fully saturated rings. The van der Waals surface area contributed by atoms with E-state index in [1.165, 1.54) is 5.01 Å². The van der Waals surface area contributed by atoms with Gasteiger partial charge in [-0.2, -0.15) is 5.10 Å². The van der Waals surface area contributed by atoms with Crippen LogP contribution >= 0.6 is 0 Å². The zero-order valence-electron chi connectivity index (χ0n) is 18.4. The van der Waals surface area contributed by atoms with Crippen LogP contribution in [0.1, 0.15) is 24.6 Å². The number of carbonyl (C=O) groups excluding carboxylic acids is 1. The molecule has 0 spiro atoms. The predicted molar refractivity (Wildman–Crippen MR) is 122 cm³/mol. The monoisotopic (exact) mass is 443 g/mol. The number of rotatable bonds is 10. The quantitative estimate of drug-likeness (QED) is 0.219. The molecule has 0 saturated heterocycles. The van der Waals surface area contributed by atoms with Crippen molar-refractivity contribution in [1.82, 2.24) is 9.99 Å². The van der Waals surface area contributed by atoms with Crippen molar-refractivity contribution in [1.29, 1.82) is 0 Å². The summed E-state index contributed by atoms with van der Waals surface area (Å²) in [7, 11) is 3.19. The molecule has 11 nitrogen and oxygen atoms in total. The van der Waals surface area contributed by atoms with Crippen LogP contribution in [0.5, 0.6) is 0 Å². The highest BCUT2D eigenvalue weighted by atomic mass is 16.6. The van der Waals surface area contributed by atoms with E-state index < -0.39 is 6.09 Å². The van der Waals surface area contributed by atoms with Crippen LogP contribution in [0.3, 0.4) is 0 Å². The molecule has 1 aromatic heterocycles. The molecule has 0 aliphatic carbocycles. The molecule has 2 aromatic rings. The zero-order chi connectivity index (χ0) is 23.3. The van der Waals surface area contributed by atoms with Gasteiger partial charge in [0.25, 0.3) is 0 Å². The Morgan fingerprint density at radius 1 is 1.22 bits per heavy atom. The number of oxime groups is 1. The van der Waals surface area contributed by atoms with Crippen molar-refractivity contribution >= 4 is 23.5 Å². The number of amidine groups is 1. The largest absolute Gasteiger partial charge is 0.446 e. The molecule has 11 heteroatoms. The Kier molecular flexibility index (Phi) is 9.88. The summed E-state index contributed by atoms with van der Waals surface area (Å²) in [6.45, 7) is 2.33. The van der Waals surface area contributed by atoms with Gasteiger partial charge in [-0.25, -0.2) is 15.6 Å². The fraction of sp³-hybridized carbons (Fsp3) is 0.333. The fourth-order valence-electron chi connectivity index (χ4n) is 2.59. The number of carbonyl (C=O) groups is 1. The van der Waals surface area contributed by atoms with Gasteiger partial charge in [-0.05, 0) is 19.1 Å². The lowest BCUT2D eigenvalue weighted by Gasteiger charge is -2.16. The van der Waals surface area contributed by atoms with Gasteiger partial charge in [-0.1, -0.05) is 41.6 Å². The average molecular weight is 444 g/mol. The number of hydrogen-bond acceptors (Lipinski definition) is 9. The molecule has 0 saturated carbocycles. The van der Waals surface area contributed by atoms with Crippen LogP contribution in [0.2, 0.25) is 0 Å². The predicted octanol–water partition coefficient (Wildman–Crippen LogP) is 2.05. The van der Waals surface area contributed by atoms with E-state index in [2.05, 4.69) is 20.6 Å². The summed E-state index contributed by atoms with van der Waals surface area (Å²) < 4.78 is 10.2. The Bertz CT molecular complexity index is 919. The molecule has 0 radical (unpaired) electrons. The van der Waals surface area contributed by atoms with Gasteiger partial charge in [0.15, 0.2) is 18.2 Å². The summed E-state index contributed by atoms with van der Waals surface area (Å²) >= 11 is 0. The lowest BCUT2D eigenvalue weighted by atomic mass is 10.1. The Balaban J connectivity index is 2.04. The first-order valence-electron chi connectivity index (χ1n) is 9.89. The van der Waals surface area contributed by atoms with E-state index in [1.807, 2.05) is 30.3 Å². The van der Waals surface area contributed by atoms with E-state index in [0.717, 1.165) is 5.56 Å². The second kappa shape index (κ2) is 12.9. The van der Waals surface area contributed by atoms with Crippen molar-refractivity contribution in [2.24, 2.45) is 21.9 Å². The third kappa shape index (κ3) is 7.85. The Morgan fingerprint density at radius 3 is 2.62 bits per heavy atom. The first-order chi connectivity index (χ1) is 15.4. The third-order valence-corrected chi connectivity index (χ3v) is 4.16. The van der Waals surface area contributed by atoms with Crippen molar-refractivity contribution in [2.45, 2.75) is 26.1 Å². The summed E-state index contributed by atoms with van der Waals surface area (Å²) in [5, 5.41) is 11.7. The molecule has 2 rings (SSSR count). The Hall–Kier alpha value is -3.70. The van der Waals surface area contributed by atoms with Gasteiger partial charge in [0.05, 0.1) is 5.69 Å². The van der Waals surface area contributed by atoms with Gasteiger partial charge in [-0.15, -0.1) is 0 Å². The summed E-state index contributed by atoms with van der Waals surface area (Å²) in [4.78, 5) is 21.8. The van der Waals surface area contributed by atoms with Crippen LogP contribution in [-0.2, 0) is 20.9 Å². The lowest BCUT2D eigenvalue weighted by Crippen LogP contribution is -2.40. The lowest BCUT2D eigenvalue weighted by molar-refractivity contribution is 0.0904. The Morgan fingerprint density at radius 2 is 1.97 bits per heavy atom. The van der Waals surface area contributed by atoms with Gasteiger partial charge in [-0.3, -0.25) is 10.3 Å². The molecule has 1 aromatic carbocycles. The number of methoxy groups -OCH3 is 1. The van der Waals surface area contributed by atoms with Crippen LogP contribution in [-0.4, -0.2) is 54.5 Å². The van der Waals surface area contributed by atoms with Gasteiger partial charge in [0.1, 0.15) is 11.9 Å². The second-order valence-corrected chi connectivity index (χ2v) is 6.78. The van der Waals surface area contributed by atoms with Crippen molar-refractivity contribution in [3.05, 3.63) is 59.8 Å². The van der Waals surface area contributed by atoms with Crippen LogP contribution in [0.4, 0.5) is 10.6 Å². The zero-order valence-corrected chi connectivity index (χ0v) is 18.4. The van der Waals surface area contributed by atoms with Crippen molar-refractivity contribution < 1.29 is 19.1 Å². The molecule has 172 valence electrons. The molecule has 32 heavy (non-hydrogen) atoms. The standard InChI is InChI=1S/C21H29N7O4/c1-15(12-13-30-3)32-21(29)25-18-11-7-10-17(24-18)14-31-27-19(20(26-22)28(2)23)16-8-5-4-6-9-16/h4-11,15H,12-14,22-23H2,1-3H3,(H,24,25,29)/b26-20-,27-19-. The summed E-state index contributed by atoms with van der Waals surface area (Å²) in [6.07, 6.45) is -0.288. The van der Waals surface area contributed by atoms with E-state index in [0.29, 0.717) is 30.3 Å². The highest BCUT2D eigenvalue weighted by molar-refractivity contribution is 6.47. The number of hydrogen-bond donors (Lipinski definition) is 3. The molecule has 1 heterocycles. The van der Waals surface area contributed by atoms with E-state index in [-0.39, 0.29) is 18.5 Å². The number of amides is 1. The molecule has 1 atom stereocenters. The van der Waals surface area contributed by atoms with Gasteiger partial charge < -0.3 is 20.2 Å². The maximum absolute atomic E-state index is 12.0. The van der Waals surface area contributed by atoms with Crippen molar-refractivity contribution in [2.75, 3.05) is 26.1 Å². The van der Waals surface area contributed by atoms with Crippen LogP contribution in [0.15, 0.2) is 58.8 Å². The SMILES string of the molecule is COCCC(C)OC(=O)Nc1cccc(CO/N=C(\C(=N\N)N(C)N)c2ccccc2)n1. The number of nitrogens with zero attached hydrogens (tertiary/aromatic N) is 4. The van der Waals surface area contributed by atoms with E-state index in [1.54, 1.807) is 39.3 Å². The number of likely N-dealkylation sites (N-methyl/N-ethyl adjacent to an activating group) is 1. The minimum atomic E-state index is -0.599. The maximum atomic E-state index is 12.0. The number of hydrazine groups is 1. The van der Waals surface area contributed by atoms with Crippen molar-refractivity contribution in [3.8, 4) is 0 Å². The molecule has 1 amide bonds. The first-order valence-corrected chi connectivity index (χ1v) is 9.89. The molecule has 0 aliphatic rings. The Labute approximate surface area is 187 Å². The van der Waals surface area contributed by atoms with E-state index in [9.17, 15) is 4.79 Å². The van der Waals surface area contributed by atoms with Crippen LogP contribution < -0.4 is 17.0 Å². The minimum absolute atomic E-state index is 0.0390. The topological polar surface area (TPSA) is 150 Å². The highest BCUT2D eigenvalue weighted by Gasteiger charge is 2.16. The molecular weight excluding hydrogens is 414 g/mol. The minimum Gasteiger partial charge on any atom is -0.446 e. The van der Waals surface area contributed by atoms with Gasteiger partial charge in [0.2, 0.25) is 0 Å². The summed E-state index contributed by atoms with van der Waals surface area (Å²) in [5.74, 6) is 11.9. The number of pyridine rings is 1. The summed E-state index contributed by atoms with van der Waals surface area (Å²) in [5.41, 5.74) is 1.63. The fourth-order valence-corrected chi connectivity index (χ4v) is 2.59. The molecular formula is C21H29N7O4. The smallest absolute Gasteiger partial charge is 0.413 e. The maximum Gasteiger partial charge on any atom is 0.413 e. The van der Waals surface area contributed by atoms with E-state index >= 15 is 0 Å².